The fourth-order valence-electron chi connectivity index (χ4n) is 3.39. The minimum absolute atomic E-state index is 0.110. The molecule has 0 unspecified atom stereocenters. The monoisotopic (exact) mass is 410 g/mol. The summed E-state index contributed by atoms with van der Waals surface area (Å²) < 4.78 is 5.65. The van der Waals surface area contributed by atoms with Gasteiger partial charge >= 0.3 is 0 Å². The number of anilines is 1. The maximum atomic E-state index is 13.2. The van der Waals surface area contributed by atoms with Crippen LogP contribution in [0.15, 0.2) is 40.7 Å². The van der Waals surface area contributed by atoms with E-state index < -0.39 is 0 Å². The van der Waals surface area contributed by atoms with Gasteiger partial charge in [-0.1, -0.05) is 12.1 Å². The normalized spacial score (nSPS) is 13.1. The smallest absolute Gasteiger partial charge is 0.259 e. The number of nitrogens with zero attached hydrogens (tertiary/aromatic N) is 1. The van der Waals surface area contributed by atoms with Crippen molar-refractivity contribution < 1.29 is 9.53 Å². The van der Waals surface area contributed by atoms with Crippen molar-refractivity contribution in [3.63, 3.8) is 0 Å². The van der Waals surface area contributed by atoms with Crippen LogP contribution in [-0.2, 0) is 12.8 Å². The van der Waals surface area contributed by atoms with Gasteiger partial charge in [-0.2, -0.15) is 0 Å². The molecule has 3 aromatic rings. The number of carbonyl (C=O) groups excluding carboxylic acids is 1. The van der Waals surface area contributed by atoms with E-state index in [-0.39, 0.29) is 5.91 Å². The van der Waals surface area contributed by atoms with E-state index in [0.29, 0.717) is 23.6 Å². The van der Waals surface area contributed by atoms with Crippen molar-refractivity contribution in [1.82, 2.24) is 0 Å². The Morgan fingerprint density at radius 2 is 2.14 bits per heavy atom. The summed E-state index contributed by atoms with van der Waals surface area (Å²) in [6, 6.07) is 9.62. The number of hydrogen-bond donors (Lipinski definition) is 1. The lowest BCUT2D eigenvalue weighted by Gasteiger charge is -2.11. The second-order valence-electron chi connectivity index (χ2n) is 6.65. The van der Waals surface area contributed by atoms with Crippen molar-refractivity contribution in [2.24, 2.45) is 4.99 Å². The number of aliphatic imine (C=N–C) groups is 1. The first-order chi connectivity index (χ1) is 13.7. The molecule has 0 fully saturated rings. The van der Waals surface area contributed by atoms with Crippen LogP contribution in [0.25, 0.3) is 0 Å². The first kappa shape index (κ1) is 18.9. The van der Waals surface area contributed by atoms with Crippen LogP contribution in [0.4, 0.5) is 10.7 Å². The van der Waals surface area contributed by atoms with Gasteiger partial charge in [0.25, 0.3) is 5.91 Å². The number of hydrogen-bond acceptors (Lipinski definition) is 5. The number of amides is 1. The van der Waals surface area contributed by atoms with Gasteiger partial charge in [-0.25, -0.2) is 4.99 Å². The van der Waals surface area contributed by atoms with Gasteiger partial charge in [0.1, 0.15) is 10.8 Å². The fourth-order valence-corrected chi connectivity index (χ4v) is 5.40. The highest BCUT2D eigenvalue weighted by Crippen LogP contribution is 2.41. The van der Waals surface area contributed by atoms with E-state index in [1.807, 2.05) is 37.4 Å². The number of aryl methyl sites for hydroxylation is 2. The number of thiophene rings is 2. The Morgan fingerprint density at radius 1 is 1.29 bits per heavy atom. The summed E-state index contributed by atoms with van der Waals surface area (Å²) in [5.74, 6) is 0.575. The molecule has 1 aliphatic carbocycles. The maximum absolute atomic E-state index is 13.2. The minimum Gasteiger partial charge on any atom is -0.492 e. The molecule has 4 rings (SSSR count). The number of rotatable bonds is 6. The standard InChI is InChI=1S/C22H22N2O2S2/c1-3-26-17-9-5-4-8-16(17)24-21(25)20-15-7-6-10-18(15)28-22(20)23-13-19-14(2)11-12-27-19/h4-5,8-9,11-13H,3,6-7,10H2,1-2H3,(H,24,25). The predicted octanol–water partition coefficient (Wildman–Crippen LogP) is 6.01. The molecule has 0 radical (unpaired) electrons. The SMILES string of the molecule is CCOc1ccccc1NC(=O)c1c(N=Cc2sccc2C)sc2c1CCC2. The van der Waals surface area contributed by atoms with Crippen molar-refractivity contribution in [1.29, 1.82) is 0 Å². The molecule has 4 nitrogen and oxygen atoms in total. The first-order valence-electron chi connectivity index (χ1n) is 9.43. The molecule has 2 heterocycles. The second kappa shape index (κ2) is 8.29. The molecular weight excluding hydrogens is 388 g/mol. The lowest BCUT2D eigenvalue weighted by molar-refractivity contribution is 0.102. The van der Waals surface area contributed by atoms with Crippen molar-refractivity contribution in [3.8, 4) is 5.75 Å². The summed E-state index contributed by atoms with van der Waals surface area (Å²) in [6.45, 7) is 4.56. The van der Waals surface area contributed by atoms with E-state index in [9.17, 15) is 4.79 Å². The molecule has 2 aromatic heterocycles. The summed E-state index contributed by atoms with van der Waals surface area (Å²) in [7, 11) is 0. The lowest BCUT2D eigenvalue weighted by Crippen LogP contribution is -2.14. The Morgan fingerprint density at radius 3 is 2.93 bits per heavy atom. The number of ether oxygens (including phenoxy) is 1. The first-order valence-corrected chi connectivity index (χ1v) is 11.1. The zero-order valence-corrected chi connectivity index (χ0v) is 17.6. The van der Waals surface area contributed by atoms with Crippen molar-refractivity contribution in [2.45, 2.75) is 33.1 Å². The Bertz CT molecular complexity index is 1030. The van der Waals surface area contributed by atoms with E-state index >= 15 is 0 Å². The van der Waals surface area contributed by atoms with Crippen LogP contribution in [-0.4, -0.2) is 18.7 Å². The van der Waals surface area contributed by atoms with Gasteiger partial charge in [-0.15, -0.1) is 22.7 Å². The molecule has 0 spiro atoms. The molecule has 1 amide bonds. The molecule has 28 heavy (non-hydrogen) atoms. The highest BCUT2D eigenvalue weighted by molar-refractivity contribution is 7.16. The van der Waals surface area contributed by atoms with Gasteiger partial charge < -0.3 is 10.1 Å². The summed E-state index contributed by atoms with van der Waals surface area (Å²) in [5.41, 5.74) is 3.77. The summed E-state index contributed by atoms with van der Waals surface area (Å²) >= 11 is 3.31. The van der Waals surface area contributed by atoms with Crippen molar-refractivity contribution in [3.05, 3.63) is 62.2 Å². The third-order valence-electron chi connectivity index (χ3n) is 4.77. The highest BCUT2D eigenvalue weighted by Gasteiger charge is 2.27. The van der Waals surface area contributed by atoms with Crippen LogP contribution in [0.3, 0.4) is 0 Å². The molecule has 0 saturated heterocycles. The van der Waals surface area contributed by atoms with Crippen LogP contribution in [0, 0.1) is 6.92 Å². The average Bonchev–Trinajstić information content (AvgIpc) is 3.37. The number of fused-ring (bicyclic) bond motifs is 1. The van der Waals surface area contributed by atoms with E-state index in [1.165, 1.54) is 10.4 Å². The summed E-state index contributed by atoms with van der Waals surface area (Å²) in [4.78, 5) is 20.3. The summed E-state index contributed by atoms with van der Waals surface area (Å²) in [5, 5.41) is 5.90. The average molecular weight is 411 g/mol. The Hall–Kier alpha value is -2.44. The summed E-state index contributed by atoms with van der Waals surface area (Å²) in [6.07, 6.45) is 4.95. The zero-order valence-electron chi connectivity index (χ0n) is 16.0. The van der Waals surface area contributed by atoms with E-state index in [2.05, 4.69) is 23.7 Å². The zero-order chi connectivity index (χ0) is 19.5. The maximum Gasteiger partial charge on any atom is 0.259 e. The molecule has 1 aliphatic rings. The number of benzene rings is 1. The molecule has 6 heteroatoms. The van der Waals surface area contributed by atoms with Gasteiger partial charge in [0, 0.05) is 16.0 Å². The third kappa shape index (κ3) is 3.75. The van der Waals surface area contributed by atoms with Crippen molar-refractivity contribution >= 4 is 45.5 Å². The Balaban J connectivity index is 1.66. The molecule has 0 atom stereocenters. The van der Waals surface area contributed by atoms with Gasteiger partial charge in [-0.3, -0.25) is 4.79 Å². The topological polar surface area (TPSA) is 50.7 Å². The molecular formula is C22H22N2O2S2. The van der Waals surface area contributed by atoms with Crippen LogP contribution in [0.1, 0.15) is 44.6 Å². The molecule has 144 valence electrons. The largest absolute Gasteiger partial charge is 0.492 e. The third-order valence-corrected chi connectivity index (χ3v) is 6.92. The predicted molar refractivity (Wildman–Crippen MR) is 118 cm³/mol. The van der Waals surface area contributed by atoms with Crippen molar-refractivity contribution in [2.75, 3.05) is 11.9 Å². The lowest BCUT2D eigenvalue weighted by atomic mass is 10.1. The van der Waals surface area contributed by atoms with Gasteiger partial charge in [-0.05, 0) is 67.8 Å². The van der Waals surface area contributed by atoms with Gasteiger partial charge in [0.15, 0.2) is 0 Å². The minimum atomic E-state index is -0.110. The van der Waals surface area contributed by atoms with Crippen LogP contribution in [0.5, 0.6) is 5.75 Å². The molecule has 0 aliphatic heterocycles. The molecule has 1 N–H and O–H groups in total. The molecule has 0 bridgehead atoms. The van der Waals surface area contributed by atoms with Crippen LogP contribution in [0.2, 0.25) is 0 Å². The van der Waals surface area contributed by atoms with E-state index in [1.54, 1.807) is 22.7 Å². The van der Waals surface area contributed by atoms with Crippen LogP contribution < -0.4 is 10.1 Å². The van der Waals surface area contributed by atoms with Gasteiger partial charge in [0.05, 0.1) is 17.9 Å². The van der Waals surface area contributed by atoms with Gasteiger partial charge in [0.2, 0.25) is 0 Å². The fraction of sp³-hybridized carbons (Fsp3) is 0.273. The van der Waals surface area contributed by atoms with E-state index in [0.717, 1.165) is 34.7 Å². The number of nitrogens with one attached hydrogen (secondary N) is 1. The quantitative estimate of drug-likeness (QED) is 0.506. The number of para-hydroxylation sites is 2. The van der Waals surface area contributed by atoms with E-state index in [4.69, 9.17) is 9.73 Å². The second-order valence-corrected chi connectivity index (χ2v) is 8.68. The number of carbonyl (C=O) groups is 1. The molecule has 0 saturated carbocycles. The highest BCUT2D eigenvalue weighted by atomic mass is 32.1. The molecule has 1 aromatic carbocycles. The van der Waals surface area contributed by atoms with Crippen LogP contribution >= 0.6 is 22.7 Å². The Labute approximate surface area is 172 Å². The Kier molecular flexibility index (Phi) is 5.59.